The van der Waals surface area contributed by atoms with Gasteiger partial charge < -0.3 is 4.90 Å². The first kappa shape index (κ1) is 17.0. The Morgan fingerprint density at radius 2 is 2.11 bits per heavy atom. The van der Waals surface area contributed by atoms with Crippen molar-refractivity contribution in [3.05, 3.63) is 29.0 Å². The lowest BCUT2D eigenvalue weighted by Gasteiger charge is -2.41. The van der Waals surface area contributed by atoms with Gasteiger partial charge in [-0.25, -0.2) is 4.98 Å². The van der Waals surface area contributed by atoms with Crippen molar-refractivity contribution in [2.24, 2.45) is 5.92 Å². The smallest absolute Gasteiger partial charge is 0.129 e. The van der Waals surface area contributed by atoms with Crippen molar-refractivity contribution in [2.45, 2.75) is 30.6 Å². The van der Waals surface area contributed by atoms with Gasteiger partial charge in [0.1, 0.15) is 5.15 Å². The number of hydrogen-bond donors (Lipinski definition) is 0. The SMILES string of the molecule is CN(C)CC1CCCCC1(Cl)c1ccc(Cl)nc1.Cl. The van der Waals surface area contributed by atoms with Crippen molar-refractivity contribution < 1.29 is 0 Å². The second kappa shape index (κ2) is 7.12. The van der Waals surface area contributed by atoms with Gasteiger partial charge in [0.25, 0.3) is 0 Å². The minimum atomic E-state index is -0.278. The van der Waals surface area contributed by atoms with Gasteiger partial charge in [-0.2, -0.15) is 0 Å². The largest absolute Gasteiger partial charge is 0.309 e. The van der Waals surface area contributed by atoms with Gasteiger partial charge in [0.2, 0.25) is 0 Å². The van der Waals surface area contributed by atoms with E-state index in [1.54, 1.807) is 0 Å². The Morgan fingerprint density at radius 1 is 1.37 bits per heavy atom. The molecule has 2 rings (SSSR count). The van der Waals surface area contributed by atoms with Crippen LogP contribution in [0.1, 0.15) is 31.2 Å². The van der Waals surface area contributed by atoms with Crippen LogP contribution in [0.25, 0.3) is 0 Å². The molecule has 1 aliphatic rings. The zero-order valence-electron chi connectivity index (χ0n) is 11.4. The van der Waals surface area contributed by atoms with Crippen molar-refractivity contribution in [1.82, 2.24) is 9.88 Å². The van der Waals surface area contributed by atoms with Gasteiger partial charge in [-0.05, 0) is 44.5 Å². The summed E-state index contributed by atoms with van der Waals surface area (Å²) in [5, 5.41) is 0.527. The van der Waals surface area contributed by atoms with E-state index < -0.39 is 0 Å². The molecule has 1 aromatic rings. The lowest BCUT2D eigenvalue weighted by atomic mass is 9.75. The van der Waals surface area contributed by atoms with Gasteiger partial charge in [-0.3, -0.25) is 0 Å². The van der Waals surface area contributed by atoms with E-state index in [9.17, 15) is 0 Å². The van der Waals surface area contributed by atoms with E-state index in [-0.39, 0.29) is 17.3 Å². The van der Waals surface area contributed by atoms with Gasteiger partial charge in [-0.1, -0.05) is 30.5 Å². The maximum atomic E-state index is 6.95. The van der Waals surface area contributed by atoms with E-state index in [4.69, 9.17) is 23.2 Å². The summed E-state index contributed by atoms with van der Waals surface area (Å²) in [6.07, 6.45) is 6.51. The van der Waals surface area contributed by atoms with Crippen LogP contribution in [-0.2, 0) is 4.87 Å². The van der Waals surface area contributed by atoms with Crippen LogP contribution < -0.4 is 0 Å². The third-order valence-electron chi connectivity index (χ3n) is 3.78. The molecule has 0 saturated heterocycles. The highest BCUT2D eigenvalue weighted by Gasteiger charge is 2.40. The number of alkyl halides is 1. The summed E-state index contributed by atoms with van der Waals surface area (Å²) in [5.74, 6) is 0.478. The molecular formula is C14H21Cl3N2. The van der Waals surface area contributed by atoms with Crippen LogP contribution in [0.3, 0.4) is 0 Å². The minimum Gasteiger partial charge on any atom is -0.309 e. The van der Waals surface area contributed by atoms with E-state index >= 15 is 0 Å². The second-order valence-corrected chi connectivity index (χ2v) is 6.50. The molecule has 1 fully saturated rings. The Bertz CT molecular complexity index is 394. The summed E-state index contributed by atoms with van der Waals surface area (Å²) in [6.45, 7) is 1.02. The summed E-state index contributed by atoms with van der Waals surface area (Å²) in [7, 11) is 4.21. The van der Waals surface area contributed by atoms with Gasteiger partial charge in [-0.15, -0.1) is 24.0 Å². The standard InChI is InChI=1S/C14H20Cl2N2.ClH/c1-18(2)10-12-5-3-4-8-14(12,16)11-6-7-13(15)17-9-11;/h6-7,9,12H,3-5,8,10H2,1-2H3;1H. The number of hydrogen-bond acceptors (Lipinski definition) is 2. The van der Waals surface area contributed by atoms with E-state index in [0.717, 1.165) is 18.5 Å². The number of aromatic nitrogens is 1. The molecule has 0 N–H and O–H groups in total. The van der Waals surface area contributed by atoms with Crippen molar-refractivity contribution in [1.29, 1.82) is 0 Å². The van der Waals surface area contributed by atoms with Crippen molar-refractivity contribution in [3.63, 3.8) is 0 Å². The number of halogens is 3. The number of pyridine rings is 1. The number of rotatable bonds is 3. The highest BCUT2D eigenvalue weighted by Crippen LogP contribution is 2.47. The maximum Gasteiger partial charge on any atom is 0.129 e. The molecule has 108 valence electrons. The van der Waals surface area contributed by atoms with Crippen molar-refractivity contribution in [3.8, 4) is 0 Å². The fraction of sp³-hybridized carbons (Fsp3) is 0.643. The zero-order valence-corrected chi connectivity index (χ0v) is 13.7. The Morgan fingerprint density at radius 3 is 2.68 bits per heavy atom. The molecule has 2 unspecified atom stereocenters. The normalized spacial score (nSPS) is 27.1. The van der Waals surface area contributed by atoms with E-state index in [2.05, 4.69) is 24.0 Å². The predicted molar refractivity (Wildman–Crippen MR) is 84.5 cm³/mol. The fourth-order valence-electron chi connectivity index (χ4n) is 2.88. The van der Waals surface area contributed by atoms with Gasteiger partial charge in [0.15, 0.2) is 0 Å². The van der Waals surface area contributed by atoms with Gasteiger partial charge >= 0.3 is 0 Å². The summed E-state index contributed by atoms with van der Waals surface area (Å²) in [4.78, 5) is 6.12. The van der Waals surface area contributed by atoms with Crippen LogP contribution in [0.5, 0.6) is 0 Å². The molecule has 0 aromatic carbocycles. The fourth-order valence-corrected chi connectivity index (χ4v) is 3.42. The molecule has 1 heterocycles. The molecule has 0 amide bonds. The van der Waals surface area contributed by atoms with E-state index in [1.165, 1.54) is 19.3 Å². The minimum absolute atomic E-state index is 0. The molecule has 5 heteroatoms. The van der Waals surface area contributed by atoms with Crippen LogP contribution in [-0.4, -0.2) is 30.5 Å². The van der Waals surface area contributed by atoms with Crippen LogP contribution in [0.2, 0.25) is 5.15 Å². The quantitative estimate of drug-likeness (QED) is 0.607. The highest BCUT2D eigenvalue weighted by atomic mass is 35.5. The predicted octanol–water partition coefficient (Wildman–Crippen LogP) is 4.34. The molecule has 0 aliphatic heterocycles. The summed E-state index contributed by atoms with van der Waals surface area (Å²) < 4.78 is 0. The average Bonchev–Trinajstić information content (AvgIpc) is 2.32. The second-order valence-electron chi connectivity index (χ2n) is 5.44. The first-order valence-electron chi connectivity index (χ1n) is 6.48. The van der Waals surface area contributed by atoms with Crippen LogP contribution in [0, 0.1) is 5.92 Å². The molecule has 2 atom stereocenters. The Kier molecular flexibility index (Phi) is 6.38. The first-order valence-corrected chi connectivity index (χ1v) is 7.23. The lowest BCUT2D eigenvalue weighted by molar-refractivity contribution is 0.207. The summed E-state index contributed by atoms with van der Waals surface area (Å²) >= 11 is 12.8. The van der Waals surface area contributed by atoms with Crippen LogP contribution in [0.4, 0.5) is 0 Å². The zero-order chi connectivity index (χ0) is 13.2. The molecule has 1 aliphatic carbocycles. The highest BCUT2D eigenvalue weighted by molar-refractivity contribution is 6.29. The first-order chi connectivity index (χ1) is 8.52. The number of nitrogens with zero attached hydrogens (tertiary/aromatic N) is 2. The van der Waals surface area contributed by atoms with E-state index in [1.807, 2.05) is 18.3 Å². The molecule has 2 nitrogen and oxygen atoms in total. The summed E-state index contributed by atoms with van der Waals surface area (Å²) in [6, 6.07) is 3.86. The molecule has 0 bridgehead atoms. The topological polar surface area (TPSA) is 16.1 Å². The summed E-state index contributed by atoms with van der Waals surface area (Å²) in [5.41, 5.74) is 1.11. The van der Waals surface area contributed by atoms with Gasteiger partial charge in [0.05, 0.1) is 4.87 Å². The maximum absolute atomic E-state index is 6.95. The average molecular weight is 324 g/mol. The Hall–Kier alpha value is -0.0200. The Balaban J connectivity index is 0.00000180. The molecule has 0 spiro atoms. The molecule has 0 radical (unpaired) electrons. The van der Waals surface area contributed by atoms with Crippen LogP contribution in [0.15, 0.2) is 18.3 Å². The van der Waals surface area contributed by atoms with Crippen molar-refractivity contribution in [2.75, 3.05) is 20.6 Å². The van der Waals surface area contributed by atoms with Crippen LogP contribution >= 0.6 is 35.6 Å². The van der Waals surface area contributed by atoms with Gasteiger partial charge in [0, 0.05) is 12.7 Å². The molecule has 1 saturated carbocycles. The third-order valence-corrected chi connectivity index (χ3v) is 4.72. The third kappa shape index (κ3) is 3.98. The Labute approximate surface area is 131 Å². The lowest BCUT2D eigenvalue weighted by Crippen LogP contribution is -2.39. The molecule has 19 heavy (non-hydrogen) atoms. The van der Waals surface area contributed by atoms with Crippen molar-refractivity contribution >= 4 is 35.6 Å². The molecular weight excluding hydrogens is 303 g/mol. The monoisotopic (exact) mass is 322 g/mol. The molecule has 1 aromatic heterocycles. The van der Waals surface area contributed by atoms with E-state index in [0.29, 0.717) is 11.1 Å².